The second-order valence-electron chi connectivity index (χ2n) is 6.03. The summed E-state index contributed by atoms with van der Waals surface area (Å²) >= 11 is 0. The van der Waals surface area contributed by atoms with Gasteiger partial charge in [0.15, 0.2) is 9.84 Å². The Labute approximate surface area is 164 Å². The number of amides is 1. The number of ether oxygens (including phenoxy) is 1. The first-order chi connectivity index (χ1) is 13.4. The van der Waals surface area contributed by atoms with E-state index < -0.39 is 21.5 Å². The molecule has 28 heavy (non-hydrogen) atoms. The number of carbonyl (C=O) groups excluding carboxylic acids is 1. The molecule has 0 bridgehead atoms. The summed E-state index contributed by atoms with van der Waals surface area (Å²) in [6.07, 6.45) is 0.994. The lowest BCUT2D eigenvalue weighted by atomic mass is 10.2. The largest absolute Gasteiger partial charge is 0.493 e. The molecule has 0 unspecified atom stereocenters. The first kappa shape index (κ1) is 20.9. The summed E-state index contributed by atoms with van der Waals surface area (Å²) in [5.41, 5.74) is 1.38. The van der Waals surface area contributed by atoms with Crippen LogP contribution in [0.15, 0.2) is 48.5 Å². The number of unbranched alkanes of at least 4 members (excludes halogenated alkanes) is 1. The third kappa shape index (κ3) is 7.10. The van der Waals surface area contributed by atoms with Gasteiger partial charge in [0.25, 0.3) is 0 Å². The van der Waals surface area contributed by atoms with Crippen molar-refractivity contribution in [2.45, 2.75) is 18.6 Å². The van der Waals surface area contributed by atoms with E-state index in [4.69, 9.17) is 15.3 Å². The van der Waals surface area contributed by atoms with Crippen molar-refractivity contribution < 1.29 is 17.9 Å². The van der Waals surface area contributed by atoms with Crippen molar-refractivity contribution in [1.29, 1.82) is 10.5 Å². The van der Waals surface area contributed by atoms with Crippen LogP contribution in [0.25, 0.3) is 0 Å². The number of carbonyl (C=O) groups is 1. The molecule has 8 heteroatoms. The highest BCUT2D eigenvalue weighted by Gasteiger charge is 2.18. The fraction of sp³-hybridized carbons (Fsp3) is 0.250. The number of hydrogen-bond acceptors (Lipinski definition) is 6. The summed E-state index contributed by atoms with van der Waals surface area (Å²) in [5, 5.41) is 19.8. The standard InChI is InChI=1S/C20H19N3O4S/c21-10-1-2-11-27-19-5-3-4-18(12-19)23-20(24)15-28(25,26)14-17-8-6-16(13-22)7-9-17/h3-9,12H,1-2,11,14-15H2,(H,23,24). The molecule has 2 aromatic carbocycles. The van der Waals surface area contributed by atoms with E-state index in [1.807, 2.05) is 12.1 Å². The maximum absolute atomic E-state index is 12.2. The van der Waals surface area contributed by atoms with Crippen molar-refractivity contribution in [1.82, 2.24) is 0 Å². The van der Waals surface area contributed by atoms with Gasteiger partial charge in [0.1, 0.15) is 11.5 Å². The van der Waals surface area contributed by atoms with Gasteiger partial charge in [0, 0.05) is 18.2 Å². The number of sulfone groups is 1. The van der Waals surface area contributed by atoms with Gasteiger partial charge in [-0.1, -0.05) is 18.2 Å². The Balaban J connectivity index is 1.91. The number of nitrogens with one attached hydrogen (secondary N) is 1. The fourth-order valence-corrected chi connectivity index (χ4v) is 3.66. The number of hydrogen-bond donors (Lipinski definition) is 1. The van der Waals surface area contributed by atoms with E-state index in [0.717, 1.165) is 0 Å². The minimum absolute atomic E-state index is 0.284. The highest BCUT2D eigenvalue weighted by molar-refractivity contribution is 7.91. The molecule has 0 saturated heterocycles. The van der Waals surface area contributed by atoms with Gasteiger partial charge >= 0.3 is 0 Å². The molecule has 0 saturated carbocycles. The number of nitrogens with zero attached hydrogens (tertiary/aromatic N) is 2. The Kier molecular flexibility index (Phi) is 7.55. The Morgan fingerprint density at radius 3 is 2.54 bits per heavy atom. The Morgan fingerprint density at radius 2 is 1.86 bits per heavy atom. The lowest BCUT2D eigenvalue weighted by Gasteiger charge is -2.09. The van der Waals surface area contributed by atoms with Crippen LogP contribution in [-0.2, 0) is 20.4 Å². The molecular formula is C20H19N3O4S. The Bertz CT molecular complexity index is 1000. The van der Waals surface area contributed by atoms with Gasteiger partial charge in [-0.05, 0) is 36.2 Å². The monoisotopic (exact) mass is 397 g/mol. The minimum atomic E-state index is -3.66. The maximum Gasteiger partial charge on any atom is 0.239 e. The van der Waals surface area contributed by atoms with Crippen LogP contribution in [-0.4, -0.2) is 26.7 Å². The van der Waals surface area contributed by atoms with E-state index >= 15 is 0 Å². The molecule has 0 aliphatic carbocycles. The van der Waals surface area contributed by atoms with E-state index in [9.17, 15) is 13.2 Å². The van der Waals surface area contributed by atoms with Crippen LogP contribution >= 0.6 is 0 Å². The van der Waals surface area contributed by atoms with Gasteiger partial charge in [-0.3, -0.25) is 4.79 Å². The van der Waals surface area contributed by atoms with E-state index in [-0.39, 0.29) is 5.75 Å². The Morgan fingerprint density at radius 1 is 1.11 bits per heavy atom. The molecule has 144 valence electrons. The summed E-state index contributed by atoms with van der Waals surface area (Å²) in [6.45, 7) is 0.379. The molecular weight excluding hydrogens is 378 g/mol. The zero-order valence-electron chi connectivity index (χ0n) is 15.1. The molecule has 2 rings (SSSR count). The van der Waals surface area contributed by atoms with Gasteiger partial charge in [0.2, 0.25) is 5.91 Å². The molecule has 7 nitrogen and oxygen atoms in total. The molecule has 0 aliphatic rings. The van der Waals surface area contributed by atoms with Crippen LogP contribution in [0.3, 0.4) is 0 Å². The topological polar surface area (TPSA) is 120 Å². The zero-order valence-corrected chi connectivity index (χ0v) is 15.9. The van der Waals surface area contributed by atoms with Crippen LogP contribution in [0, 0.1) is 22.7 Å². The highest BCUT2D eigenvalue weighted by Crippen LogP contribution is 2.18. The van der Waals surface area contributed by atoms with E-state index in [1.54, 1.807) is 36.4 Å². The SMILES string of the molecule is N#CCCCOc1cccc(NC(=O)CS(=O)(=O)Cc2ccc(C#N)cc2)c1. The summed E-state index contributed by atoms with van der Waals surface area (Å²) < 4.78 is 30.0. The van der Waals surface area contributed by atoms with Crippen molar-refractivity contribution in [3.05, 3.63) is 59.7 Å². The normalized spacial score (nSPS) is 10.5. The average molecular weight is 397 g/mol. The molecule has 0 aromatic heterocycles. The first-order valence-corrected chi connectivity index (χ1v) is 10.3. The molecule has 0 heterocycles. The molecule has 0 aliphatic heterocycles. The van der Waals surface area contributed by atoms with Crippen molar-refractivity contribution in [3.8, 4) is 17.9 Å². The maximum atomic E-state index is 12.2. The van der Waals surface area contributed by atoms with E-state index in [0.29, 0.717) is 42.0 Å². The molecule has 1 amide bonds. The van der Waals surface area contributed by atoms with Gasteiger partial charge < -0.3 is 10.1 Å². The average Bonchev–Trinajstić information content (AvgIpc) is 2.65. The van der Waals surface area contributed by atoms with Gasteiger partial charge in [-0.2, -0.15) is 10.5 Å². The number of anilines is 1. The number of nitriles is 2. The lowest BCUT2D eigenvalue weighted by Crippen LogP contribution is -2.24. The predicted octanol–water partition coefficient (Wildman–Crippen LogP) is 2.79. The summed E-state index contributed by atoms with van der Waals surface area (Å²) in [5.74, 6) is -1.06. The minimum Gasteiger partial charge on any atom is -0.493 e. The van der Waals surface area contributed by atoms with Gasteiger partial charge in [0.05, 0.1) is 30.1 Å². The zero-order chi connectivity index (χ0) is 20.4. The molecule has 0 spiro atoms. The predicted molar refractivity (Wildman–Crippen MR) is 104 cm³/mol. The van der Waals surface area contributed by atoms with Crippen LogP contribution < -0.4 is 10.1 Å². The van der Waals surface area contributed by atoms with Crippen molar-refractivity contribution in [2.75, 3.05) is 17.7 Å². The summed E-state index contributed by atoms with van der Waals surface area (Å²) in [4.78, 5) is 12.1. The molecule has 2 aromatic rings. The summed E-state index contributed by atoms with van der Waals surface area (Å²) in [7, 11) is -3.66. The molecule has 1 N–H and O–H groups in total. The first-order valence-electron chi connectivity index (χ1n) is 8.51. The van der Waals surface area contributed by atoms with Crippen LogP contribution in [0.1, 0.15) is 24.0 Å². The lowest BCUT2D eigenvalue weighted by molar-refractivity contribution is -0.113. The molecule has 0 radical (unpaired) electrons. The molecule has 0 atom stereocenters. The van der Waals surface area contributed by atoms with Crippen molar-refractivity contribution in [3.63, 3.8) is 0 Å². The van der Waals surface area contributed by atoms with Crippen molar-refractivity contribution in [2.24, 2.45) is 0 Å². The van der Waals surface area contributed by atoms with Crippen LogP contribution in [0.2, 0.25) is 0 Å². The van der Waals surface area contributed by atoms with Crippen molar-refractivity contribution >= 4 is 21.4 Å². The summed E-state index contributed by atoms with van der Waals surface area (Å²) in [6, 6.07) is 16.8. The third-order valence-electron chi connectivity index (χ3n) is 3.64. The molecule has 0 fully saturated rings. The van der Waals surface area contributed by atoms with Gasteiger partial charge in [-0.25, -0.2) is 8.42 Å². The number of rotatable bonds is 9. The Hall–Kier alpha value is -3.36. The fourth-order valence-electron chi connectivity index (χ4n) is 2.38. The quantitative estimate of drug-likeness (QED) is 0.650. The van der Waals surface area contributed by atoms with Crippen LogP contribution in [0.5, 0.6) is 5.75 Å². The van der Waals surface area contributed by atoms with E-state index in [1.165, 1.54) is 12.1 Å². The smallest absolute Gasteiger partial charge is 0.239 e. The second kappa shape index (κ2) is 10.1. The van der Waals surface area contributed by atoms with Crippen LogP contribution in [0.4, 0.5) is 5.69 Å². The second-order valence-corrected chi connectivity index (χ2v) is 8.09. The third-order valence-corrected chi connectivity index (χ3v) is 5.12. The highest BCUT2D eigenvalue weighted by atomic mass is 32.2. The van der Waals surface area contributed by atoms with E-state index in [2.05, 4.69) is 5.32 Å². The number of benzene rings is 2. The van der Waals surface area contributed by atoms with Gasteiger partial charge in [-0.15, -0.1) is 0 Å².